The largest absolute Gasteiger partial charge is 0.507 e. The van der Waals surface area contributed by atoms with Crippen molar-refractivity contribution in [2.24, 2.45) is 5.10 Å². The highest BCUT2D eigenvalue weighted by atomic mass is 19.1. The van der Waals surface area contributed by atoms with Crippen LogP contribution < -0.4 is 5.43 Å². The first kappa shape index (κ1) is 16.2. The Morgan fingerprint density at radius 1 is 1.17 bits per heavy atom. The molecule has 0 atom stereocenters. The first-order valence-electron chi connectivity index (χ1n) is 6.56. The molecule has 7 heteroatoms. The number of hydrogen-bond acceptors (Lipinski definition) is 5. The van der Waals surface area contributed by atoms with E-state index in [1.807, 2.05) is 0 Å². The number of carbonyl (C=O) groups is 2. The number of ketones is 1. The van der Waals surface area contributed by atoms with Crippen molar-refractivity contribution in [2.75, 3.05) is 5.43 Å². The summed E-state index contributed by atoms with van der Waals surface area (Å²) in [4.78, 5) is 22.8. The van der Waals surface area contributed by atoms with Crippen LogP contribution in [0.4, 0.5) is 10.1 Å². The fourth-order valence-electron chi connectivity index (χ4n) is 1.86. The lowest BCUT2D eigenvalue weighted by atomic mass is 10.0. The molecule has 118 valence electrons. The van der Waals surface area contributed by atoms with Crippen LogP contribution in [0.15, 0.2) is 47.6 Å². The summed E-state index contributed by atoms with van der Waals surface area (Å²) in [6.45, 7) is 1.20. The number of nitrogens with zero attached hydrogens (tertiary/aromatic N) is 1. The number of phenolic OH excluding ortho intramolecular Hbond substituents is 1. The SMILES string of the molecule is CC(=O)/C(=N\Nc1ccccc1F)c1cc(C(=O)O)ccc1O. The molecule has 0 amide bonds. The van der Waals surface area contributed by atoms with Crippen LogP contribution in [0.25, 0.3) is 0 Å². The van der Waals surface area contributed by atoms with Gasteiger partial charge in [0.2, 0.25) is 0 Å². The number of aromatic hydroxyl groups is 1. The molecule has 2 rings (SSSR count). The molecular formula is C16H13FN2O4. The van der Waals surface area contributed by atoms with Gasteiger partial charge in [0.15, 0.2) is 5.78 Å². The molecule has 0 fully saturated rings. The van der Waals surface area contributed by atoms with E-state index in [9.17, 15) is 19.1 Å². The maximum atomic E-state index is 13.5. The molecular weight excluding hydrogens is 303 g/mol. The number of benzene rings is 2. The second-order valence-corrected chi connectivity index (χ2v) is 4.65. The Morgan fingerprint density at radius 3 is 2.48 bits per heavy atom. The summed E-state index contributed by atoms with van der Waals surface area (Å²) in [5.41, 5.74) is 2.06. The Morgan fingerprint density at radius 2 is 1.87 bits per heavy atom. The average Bonchev–Trinajstić information content (AvgIpc) is 2.50. The summed E-state index contributed by atoms with van der Waals surface area (Å²) in [6.07, 6.45) is 0. The van der Waals surface area contributed by atoms with Crippen molar-refractivity contribution in [2.45, 2.75) is 6.92 Å². The lowest BCUT2D eigenvalue weighted by molar-refractivity contribution is -0.111. The van der Waals surface area contributed by atoms with E-state index < -0.39 is 17.6 Å². The molecule has 2 aromatic rings. The van der Waals surface area contributed by atoms with Crippen LogP contribution in [0.2, 0.25) is 0 Å². The van der Waals surface area contributed by atoms with Crippen molar-refractivity contribution < 1.29 is 24.2 Å². The molecule has 0 bridgehead atoms. The minimum absolute atomic E-state index is 0.0418. The summed E-state index contributed by atoms with van der Waals surface area (Å²) >= 11 is 0. The molecule has 0 aromatic heterocycles. The van der Waals surface area contributed by atoms with Crippen molar-refractivity contribution in [3.63, 3.8) is 0 Å². The van der Waals surface area contributed by atoms with Crippen molar-refractivity contribution in [1.29, 1.82) is 0 Å². The Labute approximate surface area is 130 Å². The summed E-state index contributed by atoms with van der Waals surface area (Å²) in [7, 11) is 0. The van der Waals surface area contributed by atoms with Crippen molar-refractivity contribution in [3.05, 3.63) is 59.4 Å². The monoisotopic (exact) mass is 316 g/mol. The van der Waals surface area contributed by atoms with Gasteiger partial charge in [-0.3, -0.25) is 10.2 Å². The molecule has 2 aromatic carbocycles. The standard InChI is InChI=1S/C16H13FN2O4/c1-9(20)15(19-18-13-5-3-2-4-12(13)17)11-8-10(16(22)23)6-7-14(11)21/h2-8,18,21H,1H3,(H,22,23)/b19-15+. The zero-order valence-electron chi connectivity index (χ0n) is 12.1. The lowest BCUT2D eigenvalue weighted by Gasteiger charge is -2.08. The summed E-state index contributed by atoms with van der Waals surface area (Å²) in [5.74, 6) is -2.61. The Bertz CT molecular complexity index is 802. The number of hydrazone groups is 1. The second kappa shape index (κ2) is 6.69. The second-order valence-electron chi connectivity index (χ2n) is 4.65. The molecule has 0 unspecified atom stereocenters. The molecule has 0 saturated heterocycles. The number of carboxylic acid groups (broad SMARTS) is 1. The predicted octanol–water partition coefficient (Wildman–Crippen LogP) is 2.63. The number of anilines is 1. The number of hydrogen-bond donors (Lipinski definition) is 3. The van der Waals surface area contributed by atoms with Gasteiger partial charge >= 0.3 is 5.97 Å². The van der Waals surface area contributed by atoms with Gasteiger partial charge in [-0.2, -0.15) is 5.10 Å². The van der Waals surface area contributed by atoms with E-state index in [4.69, 9.17) is 5.11 Å². The van der Waals surface area contributed by atoms with Crippen LogP contribution in [-0.4, -0.2) is 27.7 Å². The van der Waals surface area contributed by atoms with E-state index in [2.05, 4.69) is 10.5 Å². The Kier molecular flexibility index (Phi) is 4.70. The van der Waals surface area contributed by atoms with Gasteiger partial charge in [0, 0.05) is 12.5 Å². The van der Waals surface area contributed by atoms with E-state index in [1.54, 1.807) is 6.07 Å². The summed E-state index contributed by atoms with van der Waals surface area (Å²) in [5, 5.41) is 22.7. The van der Waals surface area contributed by atoms with Gasteiger partial charge in [-0.05, 0) is 30.3 Å². The van der Waals surface area contributed by atoms with Crippen LogP contribution in [0.5, 0.6) is 5.75 Å². The maximum Gasteiger partial charge on any atom is 0.335 e. The van der Waals surface area contributed by atoms with Crippen LogP contribution in [-0.2, 0) is 4.79 Å². The van der Waals surface area contributed by atoms with Gasteiger partial charge in [0.1, 0.15) is 17.3 Å². The lowest BCUT2D eigenvalue weighted by Crippen LogP contribution is -2.15. The summed E-state index contributed by atoms with van der Waals surface area (Å²) in [6, 6.07) is 9.19. The molecule has 0 heterocycles. The third kappa shape index (κ3) is 3.70. The molecule has 0 aliphatic carbocycles. The van der Waals surface area contributed by atoms with E-state index in [-0.39, 0.29) is 28.3 Å². The molecule has 0 spiro atoms. The third-order valence-corrected chi connectivity index (χ3v) is 2.99. The highest BCUT2D eigenvalue weighted by Crippen LogP contribution is 2.21. The van der Waals surface area contributed by atoms with E-state index in [0.29, 0.717) is 0 Å². The number of carboxylic acids is 1. The minimum Gasteiger partial charge on any atom is -0.507 e. The van der Waals surface area contributed by atoms with Gasteiger partial charge in [0.25, 0.3) is 0 Å². The van der Waals surface area contributed by atoms with E-state index in [0.717, 1.165) is 12.1 Å². The smallest absolute Gasteiger partial charge is 0.335 e. The number of aromatic carboxylic acids is 1. The topological polar surface area (TPSA) is 99.0 Å². The molecule has 6 nitrogen and oxygen atoms in total. The molecule has 0 saturated carbocycles. The number of halogens is 1. The van der Waals surface area contributed by atoms with Gasteiger partial charge in [-0.25, -0.2) is 9.18 Å². The highest BCUT2D eigenvalue weighted by Gasteiger charge is 2.17. The summed E-state index contributed by atoms with van der Waals surface area (Å²) < 4.78 is 13.5. The van der Waals surface area contributed by atoms with Crippen LogP contribution in [0, 0.1) is 5.82 Å². The number of nitrogens with one attached hydrogen (secondary N) is 1. The quantitative estimate of drug-likeness (QED) is 0.582. The highest BCUT2D eigenvalue weighted by molar-refractivity contribution is 6.46. The minimum atomic E-state index is -1.21. The zero-order valence-corrected chi connectivity index (χ0v) is 12.1. The Hall–Kier alpha value is -3.22. The Balaban J connectivity index is 2.45. The van der Waals surface area contributed by atoms with Crippen molar-refractivity contribution in [3.8, 4) is 5.75 Å². The molecule has 3 N–H and O–H groups in total. The first-order chi connectivity index (χ1) is 10.9. The molecule has 0 aliphatic heterocycles. The normalized spacial score (nSPS) is 11.1. The number of Topliss-reactive ketones (excluding diaryl/α,β-unsaturated/α-hetero) is 1. The van der Waals surface area contributed by atoms with Gasteiger partial charge in [0.05, 0.1) is 11.3 Å². The fraction of sp³-hybridized carbons (Fsp3) is 0.0625. The van der Waals surface area contributed by atoms with Crippen molar-refractivity contribution >= 4 is 23.2 Å². The zero-order chi connectivity index (χ0) is 17.0. The van der Waals surface area contributed by atoms with Crippen LogP contribution in [0.3, 0.4) is 0 Å². The average molecular weight is 316 g/mol. The van der Waals surface area contributed by atoms with E-state index in [1.165, 1.54) is 31.2 Å². The number of para-hydroxylation sites is 1. The van der Waals surface area contributed by atoms with Gasteiger partial charge in [-0.15, -0.1) is 0 Å². The van der Waals surface area contributed by atoms with Crippen molar-refractivity contribution in [1.82, 2.24) is 0 Å². The number of rotatable bonds is 5. The van der Waals surface area contributed by atoms with Crippen LogP contribution in [0.1, 0.15) is 22.8 Å². The third-order valence-electron chi connectivity index (χ3n) is 2.99. The van der Waals surface area contributed by atoms with E-state index >= 15 is 0 Å². The first-order valence-corrected chi connectivity index (χ1v) is 6.56. The van der Waals surface area contributed by atoms with Crippen LogP contribution >= 0.6 is 0 Å². The predicted molar refractivity (Wildman–Crippen MR) is 82.3 cm³/mol. The molecule has 0 radical (unpaired) electrons. The number of phenols is 1. The maximum absolute atomic E-state index is 13.5. The molecule has 0 aliphatic rings. The molecule has 23 heavy (non-hydrogen) atoms. The van der Waals surface area contributed by atoms with Gasteiger partial charge < -0.3 is 10.2 Å². The van der Waals surface area contributed by atoms with Gasteiger partial charge in [-0.1, -0.05) is 12.1 Å². The fourth-order valence-corrected chi connectivity index (χ4v) is 1.86. The number of carbonyl (C=O) groups excluding carboxylic acids is 1.